The fraction of sp³-hybridized carbons (Fsp3) is 0. The van der Waals surface area contributed by atoms with Crippen molar-refractivity contribution >= 4 is 42.2 Å². The van der Waals surface area contributed by atoms with Crippen molar-refractivity contribution < 1.29 is 28.5 Å². The number of hydrogen-bond donors (Lipinski definition) is 0. The molecule has 0 saturated carbocycles. The molecule has 250 valence electrons. The molecule has 0 unspecified atom stereocenters. The maximum Gasteiger partial charge on any atom is 3.00 e. The van der Waals surface area contributed by atoms with Crippen molar-refractivity contribution in [2.75, 3.05) is 0 Å². The summed E-state index contributed by atoms with van der Waals surface area (Å²) in [6.45, 7) is 0. The fourth-order valence-electron chi connectivity index (χ4n) is 6.32. The molecule has 1 aliphatic rings. The van der Waals surface area contributed by atoms with Crippen molar-refractivity contribution in [2.24, 2.45) is 0 Å². The van der Waals surface area contributed by atoms with Crippen molar-refractivity contribution in [1.82, 2.24) is 15.0 Å². The van der Waals surface area contributed by atoms with Crippen LogP contribution in [0, 0.1) is 18.2 Å². The predicted molar refractivity (Wildman–Crippen MR) is 203 cm³/mol. The standard InChI is InChI=1S/C23H12NO2S.2C11H8N.Ir/c25-27(26)20-8-4-3-7-18(20)23-22-17(11-12-24-23)16-10-9-14-5-1-2-6-15(14)19(16)13-21(22)27;2*1-2-6-10(7-3-1)11-8-4-5-9-12-11;/h1-6,8-13H;2*1-6,8-9H;/q3*-1;+3. The van der Waals surface area contributed by atoms with Gasteiger partial charge in [0.1, 0.15) is 0 Å². The third-order valence-corrected chi connectivity index (χ3v) is 10.5. The van der Waals surface area contributed by atoms with Gasteiger partial charge in [-0.15, -0.1) is 102 Å². The first-order chi connectivity index (χ1) is 25.1. The minimum absolute atomic E-state index is 0. The Balaban J connectivity index is 0.000000140. The maximum absolute atomic E-state index is 13.4. The zero-order chi connectivity index (χ0) is 34.6. The zero-order valence-corrected chi connectivity index (χ0v) is 30.8. The summed E-state index contributed by atoms with van der Waals surface area (Å²) in [5.41, 5.74) is 5.26. The molecular weight excluding hydrogens is 839 g/mol. The number of fused-ring (bicyclic) bond motifs is 6. The monoisotopic (exact) mass is 867 g/mol. The van der Waals surface area contributed by atoms with Gasteiger partial charge in [-0.25, -0.2) is 8.42 Å². The Morgan fingerprint density at radius 2 is 1.10 bits per heavy atom. The predicted octanol–water partition coefficient (Wildman–Crippen LogP) is 10.2. The Kier molecular flexibility index (Phi) is 10.1. The Labute approximate surface area is 316 Å². The Bertz CT molecular complexity index is 2600. The summed E-state index contributed by atoms with van der Waals surface area (Å²) < 4.78 is 26.8. The normalized spacial score (nSPS) is 12.0. The van der Waals surface area contributed by atoms with Gasteiger partial charge in [0.15, 0.2) is 9.84 Å². The van der Waals surface area contributed by atoms with E-state index in [1.807, 2.05) is 121 Å². The molecule has 0 atom stereocenters. The van der Waals surface area contributed by atoms with Gasteiger partial charge in [0.05, 0.1) is 4.90 Å². The molecule has 5 nitrogen and oxygen atoms in total. The van der Waals surface area contributed by atoms with E-state index < -0.39 is 9.84 Å². The summed E-state index contributed by atoms with van der Waals surface area (Å²) in [4.78, 5) is 13.6. The molecule has 6 aromatic carbocycles. The zero-order valence-electron chi connectivity index (χ0n) is 27.6. The molecule has 3 aromatic heterocycles. The summed E-state index contributed by atoms with van der Waals surface area (Å²) in [5.74, 6) is 0. The number of sulfone groups is 1. The first kappa shape index (κ1) is 34.6. The quantitative estimate of drug-likeness (QED) is 0.128. The summed E-state index contributed by atoms with van der Waals surface area (Å²) in [7, 11) is -3.64. The van der Waals surface area contributed by atoms with Crippen molar-refractivity contribution in [3.05, 3.63) is 188 Å². The molecule has 0 saturated heterocycles. The van der Waals surface area contributed by atoms with E-state index in [1.54, 1.807) is 36.8 Å². The maximum atomic E-state index is 13.4. The number of nitrogens with zero attached hydrogens (tertiary/aromatic N) is 3. The van der Waals surface area contributed by atoms with Gasteiger partial charge < -0.3 is 15.0 Å². The molecule has 0 bridgehead atoms. The van der Waals surface area contributed by atoms with E-state index in [9.17, 15) is 8.42 Å². The van der Waals surface area contributed by atoms with Gasteiger partial charge in [0.25, 0.3) is 0 Å². The Hall–Kier alpha value is -5.85. The second-order valence-electron chi connectivity index (χ2n) is 11.7. The van der Waals surface area contributed by atoms with Crippen LogP contribution in [0.25, 0.3) is 66.1 Å². The molecule has 0 fully saturated rings. The fourth-order valence-corrected chi connectivity index (χ4v) is 7.99. The largest absolute Gasteiger partial charge is 3.00 e. The number of aromatic nitrogens is 3. The van der Waals surface area contributed by atoms with Crippen LogP contribution in [0.15, 0.2) is 180 Å². The van der Waals surface area contributed by atoms with E-state index in [0.717, 1.165) is 49.4 Å². The third kappa shape index (κ3) is 6.65. The van der Waals surface area contributed by atoms with Gasteiger partial charge in [-0.2, -0.15) is 0 Å². The van der Waals surface area contributed by atoms with E-state index in [0.29, 0.717) is 21.5 Å². The molecule has 4 heterocycles. The second kappa shape index (κ2) is 15.2. The van der Waals surface area contributed by atoms with Gasteiger partial charge >= 0.3 is 20.1 Å². The van der Waals surface area contributed by atoms with Crippen LogP contribution in [0.1, 0.15) is 0 Å². The van der Waals surface area contributed by atoms with Crippen molar-refractivity contribution in [2.45, 2.75) is 9.79 Å². The molecule has 9 aromatic rings. The third-order valence-electron chi connectivity index (χ3n) is 8.67. The van der Waals surface area contributed by atoms with E-state index in [4.69, 9.17) is 0 Å². The van der Waals surface area contributed by atoms with Crippen molar-refractivity contribution in [1.29, 1.82) is 0 Å². The van der Waals surface area contributed by atoms with Crippen molar-refractivity contribution in [3.63, 3.8) is 0 Å². The van der Waals surface area contributed by atoms with Crippen LogP contribution in [-0.4, -0.2) is 23.4 Å². The molecule has 52 heavy (non-hydrogen) atoms. The van der Waals surface area contributed by atoms with E-state index in [1.165, 1.54) is 0 Å². The molecular formula is C45H28IrN3O2S. The summed E-state index contributed by atoms with van der Waals surface area (Å²) in [6, 6.07) is 57.7. The van der Waals surface area contributed by atoms with E-state index >= 15 is 0 Å². The second-order valence-corrected chi connectivity index (χ2v) is 13.6. The van der Waals surface area contributed by atoms with E-state index in [-0.39, 0.29) is 25.0 Å². The molecule has 10 rings (SSSR count). The average Bonchev–Trinajstić information content (AvgIpc) is 3.21. The van der Waals surface area contributed by atoms with Gasteiger partial charge in [-0.3, -0.25) is 0 Å². The molecule has 0 spiro atoms. The Morgan fingerprint density at radius 1 is 0.462 bits per heavy atom. The average molecular weight is 867 g/mol. The van der Waals surface area contributed by atoms with Gasteiger partial charge in [0, 0.05) is 18.6 Å². The minimum atomic E-state index is -3.64. The summed E-state index contributed by atoms with van der Waals surface area (Å²) in [6.07, 6.45) is 5.32. The SMILES string of the molecule is O=S1(=O)c2ccc[c-]c2-c2nccc3c2c1cc1c2ccccc2ccc31.[Ir+3].[c-]1ccccc1-c1ccccn1.[c-]1ccccc1-c1ccccn1. The van der Waals surface area contributed by atoms with Crippen LogP contribution in [-0.2, 0) is 29.9 Å². The number of hydrogen-bond acceptors (Lipinski definition) is 5. The van der Waals surface area contributed by atoms with Gasteiger partial charge in [0.2, 0.25) is 0 Å². The minimum Gasteiger partial charge on any atom is -0.305 e. The number of rotatable bonds is 2. The van der Waals surface area contributed by atoms with Crippen LogP contribution in [0.3, 0.4) is 0 Å². The Morgan fingerprint density at radius 3 is 1.73 bits per heavy atom. The number of benzene rings is 6. The van der Waals surface area contributed by atoms with Crippen LogP contribution in [0.2, 0.25) is 0 Å². The summed E-state index contributed by atoms with van der Waals surface area (Å²) >= 11 is 0. The first-order valence-electron chi connectivity index (χ1n) is 16.4. The topological polar surface area (TPSA) is 72.8 Å². The molecule has 7 heteroatoms. The van der Waals surface area contributed by atoms with E-state index in [2.05, 4.69) is 45.3 Å². The molecule has 0 radical (unpaired) electrons. The molecule has 0 aliphatic carbocycles. The van der Waals surface area contributed by atoms with Gasteiger partial charge in [-0.05, 0) is 78.6 Å². The molecule has 1 aliphatic heterocycles. The smallest absolute Gasteiger partial charge is 0.305 e. The van der Waals surface area contributed by atoms with Gasteiger partial charge in [-0.1, -0.05) is 60.7 Å². The van der Waals surface area contributed by atoms with Crippen LogP contribution >= 0.6 is 0 Å². The molecule has 0 N–H and O–H groups in total. The molecule has 0 amide bonds. The van der Waals surface area contributed by atoms with Crippen molar-refractivity contribution in [3.8, 4) is 33.8 Å². The number of pyridine rings is 3. The van der Waals surface area contributed by atoms with Crippen LogP contribution in [0.4, 0.5) is 0 Å². The van der Waals surface area contributed by atoms with Crippen LogP contribution in [0.5, 0.6) is 0 Å². The first-order valence-corrected chi connectivity index (χ1v) is 17.8. The summed E-state index contributed by atoms with van der Waals surface area (Å²) in [5, 5.41) is 5.71. The van der Waals surface area contributed by atoms with Crippen LogP contribution < -0.4 is 0 Å².